The number of hydrogen-bond acceptors (Lipinski definition) is 4. The number of carbonyl (C=O) groups excluding carboxylic acids is 1. The lowest BCUT2D eigenvalue weighted by Crippen LogP contribution is -2.51. The van der Waals surface area contributed by atoms with Crippen LogP contribution in [0.25, 0.3) is 0 Å². The first-order valence-corrected chi connectivity index (χ1v) is 10.2. The minimum absolute atomic E-state index is 0.101. The molecule has 0 aliphatic carbocycles. The Morgan fingerprint density at radius 1 is 1.17 bits per heavy atom. The smallest absolute Gasteiger partial charge is 0.353 e. The van der Waals surface area contributed by atoms with E-state index in [-0.39, 0.29) is 5.91 Å². The second kappa shape index (κ2) is 8.79. The van der Waals surface area contributed by atoms with Gasteiger partial charge in [0.1, 0.15) is 17.0 Å². The SMILES string of the molecule is Cc1nc(C)c(Cc2cccc(C(F)(F)F)c2)c(N2CCN(C(=O)C(C)Cl)CC2)n1. The molecule has 0 bridgehead atoms. The standard InChI is InChI=1S/C21H24ClF3N4O/c1-13(22)20(30)29-9-7-28(8-10-29)19-18(14(2)26-15(3)27-19)12-16-5-4-6-17(11-16)21(23,24)25/h4-6,11,13H,7-10,12H2,1-3H3. The van der Waals surface area contributed by atoms with Gasteiger partial charge < -0.3 is 9.80 Å². The minimum atomic E-state index is -4.39. The molecule has 0 saturated carbocycles. The van der Waals surface area contributed by atoms with Crippen LogP contribution in [0.1, 0.15) is 35.1 Å². The van der Waals surface area contributed by atoms with E-state index in [0.29, 0.717) is 49.8 Å². The van der Waals surface area contributed by atoms with Crippen LogP contribution in [0.5, 0.6) is 0 Å². The van der Waals surface area contributed by atoms with E-state index >= 15 is 0 Å². The average molecular weight is 441 g/mol. The molecule has 0 spiro atoms. The fraction of sp³-hybridized carbons (Fsp3) is 0.476. The van der Waals surface area contributed by atoms with Gasteiger partial charge in [-0.2, -0.15) is 13.2 Å². The number of rotatable bonds is 4. The van der Waals surface area contributed by atoms with Gasteiger partial charge in [0, 0.05) is 43.9 Å². The normalized spacial score (nSPS) is 16.0. The average Bonchev–Trinajstić information content (AvgIpc) is 2.69. The minimum Gasteiger partial charge on any atom is -0.353 e. The van der Waals surface area contributed by atoms with E-state index in [1.54, 1.807) is 24.8 Å². The summed E-state index contributed by atoms with van der Waals surface area (Å²) in [7, 11) is 0. The van der Waals surface area contributed by atoms with E-state index in [4.69, 9.17) is 11.6 Å². The molecule has 9 heteroatoms. The zero-order valence-electron chi connectivity index (χ0n) is 17.1. The molecule has 1 amide bonds. The highest BCUT2D eigenvalue weighted by molar-refractivity contribution is 6.30. The Bertz CT molecular complexity index is 925. The predicted molar refractivity (Wildman–Crippen MR) is 110 cm³/mol. The number of aryl methyl sites for hydroxylation is 2. The topological polar surface area (TPSA) is 49.3 Å². The van der Waals surface area contributed by atoms with Crippen LogP contribution in [0.2, 0.25) is 0 Å². The third-order valence-electron chi connectivity index (χ3n) is 5.17. The fourth-order valence-corrected chi connectivity index (χ4v) is 3.78. The quantitative estimate of drug-likeness (QED) is 0.675. The molecule has 0 radical (unpaired) electrons. The van der Waals surface area contributed by atoms with Crippen molar-refractivity contribution in [2.45, 2.75) is 38.7 Å². The Labute approximate surface area is 178 Å². The van der Waals surface area contributed by atoms with Crippen molar-refractivity contribution in [2.24, 2.45) is 0 Å². The van der Waals surface area contributed by atoms with Crippen molar-refractivity contribution in [3.05, 3.63) is 52.5 Å². The Morgan fingerprint density at radius 2 is 1.83 bits per heavy atom. The lowest BCUT2D eigenvalue weighted by molar-refractivity contribution is -0.137. The molecule has 2 heterocycles. The lowest BCUT2D eigenvalue weighted by atomic mass is 10.0. The molecule has 162 valence electrons. The largest absolute Gasteiger partial charge is 0.416 e. The predicted octanol–water partition coefficient (Wildman–Crippen LogP) is 3.98. The number of aromatic nitrogens is 2. The monoisotopic (exact) mass is 440 g/mol. The van der Waals surface area contributed by atoms with Gasteiger partial charge in [-0.3, -0.25) is 4.79 Å². The molecule has 1 atom stereocenters. The van der Waals surface area contributed by atoms with Crippen LogP contribution in [0, 0.1) is 13.8 Å². The van der Waals surface area contributed by atoms with Crippen molar-refractivity contribution in [1.82, 2.24) is 14.9 Å². The molecule has 2 aromatic rings. The van der Waals surface area contributed by atoms with Crippen LogP contribution in [-0.4, -0.2) is 52.3 Å². The number of anilines is 1. The zero-order valence-corrected chi connectivity index (χ0v) is 17.9. The summed E-state index contributed by atoms with van der Waals surface area (Å²) in [6.07, 6.45) is -4.09. The van der Waals surface area contributed by atoms with Gasteiger partial charge in [0.05, 0.1) is 5.56 Å². The lowest BCUT2D eigenvalue weighted by Gasteiger charge is -2.37. The number of alkyl halides is 4. The number of hydrogen-bond donors (Lipinski definition) is 0. The summed E-state index contributed by atoms with van der Waals surface area (Å²) in [4.78, 5) is 24.9. The first-order chi connectivity index (χ1) is 14.1. The molecule has 1 unspecified atom stereocenters. The van der Waals surface area contributed by atoms with Crippen molar-refractivity contribution < 1.29 is 18.0 Å². The first kappa shape index (κ1) is 22.3. The highest BCUT2D eigenvalue weighted by Crippen LogP contribution is 2.31. The molecule has 1 fully saturated rings. The van der Waals surface area contributed by atoms with Crippen molar-refractivity contribution >= 4 is 23.3 Å². The fourth-order valence-electron chi connectivity index (χ4n) is 3.64. The van der Waals surface area contributed by atoms with Crippen LogP contribution >= 0.6 is 11.6 Å². The third kappa shape index (κ3) is 5.03. The molecule has 1 aliphatic rings. The highest BCUT2D eigenvalue weighted by Gasteiger charge is 2.31. The maximum atomic E-state index is 13.1. The maximum absolute atomic E-state index is 13.1. The third-order valence-corrected chi connectivity index (χ3v) is 5.36. The molecule has 3 rings (SSSR count). The van der Waals surface area contributed by atoms with Gasteiger partial charge in [0.25, 0.3) is 0 Å². The van der Waals surface area contributed by atoms with E-state index in [1.165, 1.54) is 12.1 Å². The second-order valence-electron chi connectivity index (χ2n) is 7.46. The van der Waals surface area contributed by atoms with Crippen LogP contribution in [0.15, 0.2) is 24.3 Å². The number of carbonyl (C=O) groups is 1. The van der Waals surface area contributed by atoms with Crippen LogP contribution in [-0.2, 0) is 17.4 Å². The number of nitrogens with zero attached hydrogens (tertiary/aromatic N) is 4. The molecular weight excluding hydrogens is 417 g/mol. The van der Waals surface area contributed by atoms with Crippen LogP contribution in [0.3, 0.4) is 0 Å². The van der Waals surface area contributed by atoms with Crippen LogP contribution < -0.4 is 4.90 Å². The molecular formula is C21H24ClF3N4O. The van der Waals surface area contributed by atoms with Crippen molar-refractivity contribution in [2.75, 3.05) is 31.1 Å². The molecule has 1 aliphatic heterocycles. The first-order valence-electron chi connectivity index (χ1n) is 9.74. The number of halogens is 4. The van der Waals surface area contributed by atoms with E-state index < -0.39 is 17.1 Å². The second-order valence-corrected chi connectivity index (χ2v) is 8.12. The zero-order chi connectivity index (χ0) is 22.1. The van der Waals surface area contributed by atoms with E-state index in [0.717, 1.165) is 17.3 Å². The Hall–Kier alpha value is -2.35. The van der Waals surface area contributed by atoms with Gasteiger partial charge in [-0.15, -0.1) is 11.6 Å². The molecule has 0 N–H and O–H groups in total. The molecule has 1 aromatic carbocycles. The van der Waals surface area contributed by atoms with E-state index in [9.17, 15) is 18.0 Å². The maximum Gasteiger partial charge on any atom is 0.416 e. The Kier molecular flexibility index (Phi) is 6.55. The number of benzene rings is 1. The molecule has 1 saturated heterocycles. The van der Waals surface area contributed by atoms with Gasteiger partial charge in [0.2, 0.25) is 5.91 Å². The summed E-state index contributed by atoms with van der Waals surface area (Å²) >= 11 is 5.91. The summed E-state index contributed by atoms with van der Waals surface area (Å²) in [5.41, 5.74) is 1.41. The Morgan fingerprint density at radius 3 is 2.43 bits per heavy atom. The van der Waals surface area contributed by atoms with E-state index in [1.807, 2.05) is 6.92 Å². The summed E-state index contributed by atoms with van der Waals surface area (Å²) in [5.74, 6) is 1.21. The molecule has 30 heavy (non-hydrogen) atoms. The van der Waals surface area contributed by atoms with Gasteiger partial charge in [-0.25, -0.2) is 9.97 Å². The van der Waals surface area contributed by atoms with Crippen molar-refractivity contribution in [3.8, 4) is 0 Å². The van der Waals surface area contributed by atoms with Gasteiger partial charge in [-0.1, -0.05) is 18.2 Å². The van der Waals surface area contributed by atoms with Gasteiger partial charge >= 0.3 is 6.18 Å². The highest BCUT2D eigenvalue weighted by atomic mass is 35.5. The van der Waals surface area contributed by atoms with Crippen LogP contribution in [0.4, 0.5) is 19.0 Å². The number of amides is 1. The van der Waals surface area contributed by atoms with E-state index in [2.05, 4.69) is 14.9 Å². The van der Waals surface area contributed by atoms with Crippen molar-refractivity contribution in [3.63, 3.8) is 0 Å². The molecule has 1 aromatic heterocycles. The Balaban J connectivity index is 1.86. The summed E-state index contributed by atoms with van der Waals surface area (Å²) in [6.45, 7) is 7.46. The summed E-state index contributed by atoms with van der Waals surface area (Å²) in [5, 5.41) is -0.573. The molecule has 5 nitrogen and oxygen atoms in total. The number of piperazine rings is 1. The van der Waals surface area contributed by atoms with Gasteiger partial charge in [0.15, 0.2) is 0 Å². The summed E-state index contributed by atoms with van der Waals surface area (Å²) < 4.78 is 39.3. The van der Waals surface area contributed by atoms with Crippen molar-refractivity contribution in [1.29, 1.82) is 0 Å². The van der Waals surface area contributed by atoms with Gasteiger partial charge in [-0.05, 0) is 32.4 Å². The summed E-state index contributed by atoms with van der Waals surface area (Å²) in [6, 6.07) is 5.33.